The van der Waals surface area contributed by atoms with Gasteiger partial charge >= 0.3 is 5.97 Å². The van der Waals surface area contributed by atoms with Crippen molar-refractivity contribution in [3.8, 4) is 11.3 Å². The second-order valence-electron chi connectivity index (χ2n) is 8.86. The molecule has 192 valence electrons. The van der Waals surface area contributed by atoms with Crippen molar-refractivity contribution >= 4 is 34.9 Å². The van der Waals surface area contributed by atoms with Gasteiger partial charge in [-0.15, -0.1) is 5.06 Å². The van der Waals surface area contributed by atoms with Gasteiger partial charge < -0.3 is 10.1 Å². The predicted molar refractivity (Wildman–Crippen MR) is 143 cm³/mol. The Hall–Kier alpha value is -5.28. The van der Waals surface area contributed by atoms with Crippen LogP contribution in [0.15, 0.2) is 97.2 Å². The molecule has 39 heavy (non-hydrogen) atoms. The van der Waals surface area contributed by atoms with E-state index < -0.39 is 17.8 Å². The quantitative estimate of drug-likeness (QED) is 0.232. The number of ether oxygens (including phenoxy) is 1. The first-order valence-electron chi connectivity index (χ1n) is 12.2. The number of hydrogen-bond acceptors (Lipinski definition) is 7. The zero-order chi connectivity index (χ0) is 26.9. The molecule has 0 unspecified atom stereocenters. The van der Waals surface area contributed by atoms with E-state index in [1.54, 1.807) is 48.5 Å². The highest BCUT2D eigenvalue weighted by atomic mass is 16.7. The van der Waals surface area contributed by atoms with Crippen LogP contribution in [0.2, 0.25) is 0 Å². The van der Waals surface area contributed by atoms with E-state index in [1.807, 2.05) is 53.1 Å². The molecule has 0 saturated carbocycles. The maximum atomic E-state index is 12.7. The van der Waals surface area contributed by atoms with Crippen molar-refractivity contribution in [2.24, 2.45) is 0 Å². The molecule has 0 spiro atoms. The predicted octanol–water partition coefficient (Wildman–Crippen LogP) is 5.26. The normalized spacial score (nSPS) is 12.6. The molecule has 6 rings (SSSR count). The van der Waals surface area contributed by atoms with Gasteiger partial charge in [0, 0.05) is 17.4 Å². The number of hydrogen-bond donors (Lipinski definition) is 1. The monoisotopic (exact) mass is 518 g/mol. The molecule has 0 aliphatic carbocycles. The number of fused-ring (bicyclic) bond motifs is 2. The number of esters is 1. The first-order chi connectivity index (χ1) is 19.0. The van der Waals surface area contributed by atoms with Crippen LogP contribution >= 0.6 is 0 Å². The average molecular weight is 519 g/mol. The molecule has 0 atom stereocenters. The third-order valence-corrected chi connectivity index (χ3v) is 6.41. The number of imidazole rings is 1. The number of amides is 2. The summed E-state index contributed by atoms with van der Waals surface area (Å²) in [6, 6.07) is 27.0. The molecule has 0 fully saturated rings. The first-order valence-corrected chi connectivity index (χ1v) is 12.2. The van der Waals surface area contributed by atoms with Gasteiger partial charge in [0.2, 0.25) is 0 Å². The molecule has 3 heterocycles. The van der Waals surface area contributed by atoms with Crippen LogP contribution in [0, 0.1) is 0 Å². The summed E-state index contributed by atoms with van der Waals surface area (Å²) in [5.74, 6) is -0.680. The highest BCUT2D eigenvalue weighted by Crippen LogP contribution is 2.32. The van der Waals surface area contributed by atoms with Gasteiger partial charge in [-0.3, -0.25) is 18.8 Å². The van der Waals surface area contributed by atoms with Crippen molar-refractivity contribution in [3.63, 3.8) is 0 Å². The lowest BCUT2D eigenvalue weighted by Crippen LogP contribution is -2.29. The van der Waals surface area contributed by atoms with Crippen LogP contribution in [0.5, 0.6) is 0 Å². The number of imide groups is 1. The fourth-order valence-corrected chi connectivity index (χ4v) is 4.46. The Morgan fingerprint density at radius 2 is 1.51 bits per heavy atom. The average Bonchev–Trinajstić information content (AvgIpc) is 3.46. The molecule has 9 heteroatoms. The van der Waals surface area contributed by atoms with Crippen molar-refractivity contribution in [2.75, 3.05) is 12.4 Å². The Balaban J connectivity index is 1.32. The van der Waals surface area contributed by atoms with Crippen LogP contribution in [-0.4, -0.2) is 39.3 Å². The minimum Gasteiger partial charge on any atom is -0.465 e. The van der Waals surface area contributed by atoms with Gasteiger partial charge in [0.1, 0.15) is 23.8 Å². The number of rotatable bonds is 7. The Labute approximate surface area is 223 Å². The molecule has 9 nitrogen and oxygen atoms in total. The Bertz CT molecular complexity index is 1690. The molecule has 1 N–H and O–H groups in total. The van der Waals surface area contributed by atoms with E-state index in [0.717, 1.165) is 27.6 Å². The molecular formula is C30H22N4O5. The van der Waals surface area contributed by atoms with Crippen LogP contribution in [0.1, 0.15) is 36.6 Å². The summed E-state index contributed by atoms with van der Waals surface area (Å²) < 4.78 is 6.68. The fourth-order valence-electron chi connectivity index (χ4n) is 4.46. The van der Waals surface area contributed by atoms with Crippen molar-refractivity contribution in [1.29, 1.82) is 0 Å². The van der Waals surface area contributed by atoms with Crippen molar-refractivity contribution in [1.82, 2.24) is 14.4 Å². The zero-order valence-corrected chi connectivity index (χ0v) is 20.8. The van der Waals surface area contributed by atoms with E-state index in [1.165, 1.54) is 7.11 Å². The molecule has 0 saturated heterocycles. The van der Waals surface area contributed by atoms with Crippen LogP contribution in [-0.2, 0) is 16.2 Å². The molecule has 5 aromatic rings. The van der Waals surface area contributed by atoms with E-state index >= 15 is 0 Å². The minimum absolute atomic E-state index is 0.00642. The number of carbonyl (C=O) groups excluding carboxylic acids is 3. The van der Waals surface area contributed by atoms with Crippen molar-refractivity contribution < 1.29 is 24.0 Å². The lowest BCUT2D eigenvalue weighted by Gasteiger charge is -2.14. The number of nitrogens with one attached hydrogen (secondary N) is 1. The van der Waals surface area contributed by atoms with E-state index in [2.05, 4.69) is 5.32 Å². The molecule has 2 aromatic heterocycles. The smallest absolute Gasteiger partial charge is 0.337 e. The van der Waals surface area contributed by atoms with Gasteiger partial charge in [0.25, 0.3) is 11.8 Å². The molecule has 0 radical (unpaired) electrons. The topological polar surface area (TPSA) is 102 Å². The second-order valence-corrected chi connectivity index (χ2v) is 8.86. The van der Waals surface area contributed by atoms with E-state index in [9.17, 15) is 14.4 Å². The number of anilines is 2. The number of nitrogens with zero attached hydrogens (tertiary/aromatic N) is 3. The van der Waals surface area contributed by atoms with Crippen LogP contribution in [0.4, 0.5) is 11.5 Å². The summed E-state index contributed by atoms with van der Waals surface area (Å²) in [6.45, 7) is -0.00642. The number of pyridine rings is 1. The molecule has 1 aliphatic heterocycles. The van der Waals surface area contributed by atoms with Crippen LogP contribution in [0.3, 0.4) is 0 Å². The first kappa shape index (κ1) is 24.1. The lowest BCUT2D eigenvalue weighted by atomic mass is 10.1. The summed E-state index contributed by atoms with van der Waals surface area (Å²) in [7, 11) is 1.34. The number of aromatic nitrogens is 2. The van der Waals surface area contributed by atoms with Crippen LogP contribution in [0.25, 0.3) is 16.9 Å². The van der Waals surface area contributed by atoms with Gasteiger partial charge in [0.15, 0.2) is 0 Å². The summed E-state index contributed by atoms with van der Waals surface area (Å²) in [4.78, 5) is 47.7. The van der Waals surface area contributed by atoms with E-state index in [0.29, 0.717) is 28.2 Å². The standard InChI is InChI=1S/C30H22N4O5/c1-38-30(37)21-12-14-22(15-13-21)31-27-26(20-7-3-2-4-8-20)32-25-16-11-19(17-33(25)27)18-39-34-28(35)23-9-5-6-10-24(23)29(34)36/h2-17,31H,18H2,1H3. The maximum absolute atomic E-state index is 12.7. The molecule has 3 aromatic carbocycles. The number of benzene rings is 3. The van der Waals surface area contributed by atoms with Crippen molar-refractivity contribution in [3.05, 3.63) is 119 Å². The number of hydroxylamine groups is 2. The summed E-state index contributed by atoms with van der Waals surface area (Å²) in [6.07, 6.45) is 1.85. The highest BCUT2D eigenvalue weighted by Gasteiger charge is 2.36. The lowest BCUT2D eigenvalue weighted by molar-refractivity contribution is -0.101. The third kappa shape index (κ3) is 4.41. The largest absolute Gasteiger partial charge is 0.465 e. The van der Waals surface area contributed by atoms with Crippen molar-refractivity contribution in [2.45, 2.75) is 6.61 Å². The number of carbonyl (C=O) groups is 3. The maximum Gasteiger partial charge on any atom is 0.337 e. The van der Waals surface area contributed by atoms with Gasteiger partial charge in [-0.1, -0.05) is 48.5 Å². The SMILES string of the molecule is COC(=O)c1ccc(Nc2c(-c3ccccc3)nc3ccc(CON4C(=O)c5ccccc5C4=O)cn23)cc1. The van der Waals surface area contributed by atoms with E-state index in [-0.39, 0.29) is 6.61 Å². The van der Waals surface area contributed by atoms with Gasteiger partial charge in [-0.25, -0.2) is 9.78 Å². The Morgan fingerprint density at radius 3 is 2.18 bits per heavy atom. The molecule has 1 aliphatic rings. The minimum atomic E-state index is -0.483. The van der Waals surface area contributed by atoms with Crippen LogP contribution < -0.4 is 5.32 Å². The molecular weight excluding hydrogens is 496 g/mol. The second kappa shape index (κ2) is 9.88. The molecule has 0 bridgehead atoms. The number of methoxy groups -OCH3 is 1. The summed E-state index contributed by atoms with van der Waals surface area (Å²) >= 11 is 0. The van der Waals surface area contributed by atoms with E-state index in [4.69, 9.17) is 14.6 Å². The Kier molecular flexibility index (Phi) is 6.10. The zero-order valence-electron chi connectivity index (χ0n) is 20.8. The summed E-state index contributed by atoms with van der Waals surface area (Å²) in [5, 5.41) is 4.22. The van der Waals surface area contributed by atoms with Gasteiger partial charge in [-0.05, 0) is 48.0 Å². The third-order valence-electron chi connectivity index (χ3n) is 6.41. The Morgan fingerprint density at radius 1 is 0.846 bits per heavy atom. The van der Waals surface area contributed by atoms with Gasteiger partial charge in [-0.2, -0.15) is 0 Å². The summed E-state index contributed by atoms with van der Waals surface area (Å²) in [5.41, 5.74) is 4.89. The molecule has 2 amide bonds. The van der Waals surface area contributed by atoms with Gasteiger partial charge in [0.05, 0.1) is 23.8 Å². The highest BCUT2D eigenvalue weighted by molar-refractivity contribution is 6.20. The fraction of sp³-hybridized carbons (Fsp3) is 0.0667.